The van der Waals surface area contributed by atoms with Crippen LogP contribution in [0.4, 0.5) is 0 Å². The van der Waals surface area contributed by atoms with Crippen molar-refractivity contribution < 1.29 is 4.79 Å². The van der Waals surface area contributed by atoms with Gasteiger partial charge in [-0.25, -0.2) is 0 Å². The van der Waals surface area contributed by atoms with Crippen LogP contribution in [0.25, 0.3) is 5.65 Å². The fraction of sp³-hybridized carbons (Fsp3) is 0.154. The number of pyridine rings is 1. The molecule has 3 heterocycles. The van der Waals surface area contributed by atoms with Crippen LogP contribution >= 0.6 is 15.9 Å². The van der Waals surface area contributed by atoms with Crippen LogP contribution in [0.2, 0.25) is 0 Å². The number of carbonyl (C=O) groups is 1. The first-order valence-electron chi connectivity index (χ1n) is 6.15. The zero-order chi connectivity index (χ0) is 13.9. The second-order valence-corrected chi connectivity index (χ2v) is 5.20. The average molecular weight is 334 g/mol. The third-order valence-corrected chi connectivity index (χ3v) is 3.37. The molecule has 102 valence electrons. The Balaban J connectivity index is 1.61. The summed E-state index contributed by atoms with van der Waals surface area (Å²) in [5.41, 5.74) is 1.34. The lowest BCUT2D eigenvalue weighted by Gasteiger charge is -2.02. The van der Waals surface area contributed by atoms with Crippen molar-refractivity contribution in [2.75, 3.05) is 6.54 Å². The minimum Gasteiger partial charge on any atom is -0.356 e. The number of nitrogens with one attached hydrogen (secondary N) is 2. The lowest BCUT2D eigenvalue weighted by molar-refractivity contribution is 0.0949. The summed E-state index contributed by atoms with van der Waals surface area (Å²) in [5.74, 6) is 0.693. The van der Waals surface area contributed by atoms with Crippen molar-refractivity contribution in [2.24, 2.45) is 0 Å². The lowest BCUT2D eigenvalue weighted by atomic mass is 10.3. The van der Waals surface area contributed by atoms with Crippen LogP contribution in [0.5, 0.6) is 0 Å². The van der Waals surface area contributed by atoms with Gasteiger partial charge in [-0.2, -0.15) is 0 Å². The van der Waals surface area contributed by atoms with Crippen molar-refractivity contribution in [3.8, 4) is 0 Å². The van der Waals surface area contributed by atoms with Crippen molar-refractivity contribution in [2.45, 2.75) is 6.42 Å². The lowest BCUT2D eigenvalue weighted by Crippen LogP contribution is -2.26. The molecule has 3 aromatic rings. The first-order chi connectivity index (χ1) is 9.74. The second kappa shape index (κ2) is 5.46. The minimum atomic E-state index is -0.135. The van der Waals surface area contributed by atoms with Crippen LogP contribution in [-0.4, -0.2) is 32.0 Å². The standard InChI is InChI=1S/C13H12BrN5O/c14-9-7-10(16-8-9)13(20)15-5-4-12-18-17-11-3-1-2-6-19(11)12/h1-3,6-8,16H,4-5H2,(H,15,20). The first-order valence-corrected chi connectivity index (χ1v) is 6.94. The van der Waals surface area contributed by atoms with Crippen molar-refractivity contribution in [3.05, 3.63) is 52.7 Å². The fourth-order valence-electron chi connectivity index (χ4n) is 1.94. The van der Waals surface area contributed by atoms with E-state index in [2.05, 4.69) is 36.4 Å². The summed E-state index contributed by atoms with van der Waals surface area (Å²) in [5, 5.41) is 11.0. The van der Waals surface area contributed by atoms with Gasteiger partial charge >= 0.3 is 0 Å². The summed E-state index contributed by atoms with van der Waals surface area (Å²) in [6, 6.07) is 7.47. The maximum absolute atomic E-state index is 11.8. The number of fused-ring (bicyclic) bond motifs is 1. The molecule has 0 unspecified atom stereocenters. The molecule has 2 N–H and O–H groups in total. The molecule has 0 aliphatic carbocycles. The van der Waals surface area contributed by atoms with Crippen molar-refractivity contribution in [3.63, 3.8) is 0 Å². The van der Waals surface area contributed by atoms with E-state index in [1.165, 1.54) is 0 Å². The molecule has 0 aliphatic heterocycles. The molecular weight excluding hydrogens is 322 g/mol. The third kappa shape index (κ3) is 2.57. The number of rotatable bonds is 4. The van der Waals surface area contributed by atoms with E-state index in [0.717, 1.165) is 15.9 Å². The zero-order valence-electron chi connectivity index (χ0n) is 10.5. The number of amides is 1. The van der Waals surface area contributed by atoms with E-state index in [-0.39, 0.29) is 5.91 Å². The van der Waals surface area contributed by atoms with E-state index < -0.39 is 0 Å². The highest BCUT2D eigenvalue weighted by Gasteiger charge is 2.08. The number of aromatic nitrogens is 4. The van der Waals surface area contributed by atoms with E-state index >= 15 is 0 Å². The van der Waals surface area contributed by atoms with Crippen LogP contribution < -0.4 is 5.32 Å². The molecule has 0 saturated heterocycles. The zero-order valence-corrected chi connectivity index (χ0v) is 12.1. The Kier molecular flexibility index (Phi) is 3.51. The van der Waals surface area contributed by atoms with Gasteiger partial charge in [-0.3, -0.25) is 9.20 Å². The predicted octanol–water partition coefficient (Wildman–Crippen LogP) is 1.79. The molecule has 1 amide bonds. The van der Waals surface area contributed by atoms with Gasteiger partial charge in [0.2, 0.25) is 0 Å². The smallest absolute Gasteiger partial charge is 0.267 e. The number of halogens is 1. The van der Waals surface area contributed by atoms with Gasteiger partial charge in [0, 0.05) is 29.8 Å². The summed E-state index contributed by atoms with van der Waals surface area (Å²) in [6.45, 7) is 0.505. The number of H-pyrrole nitrogens is 1. The average Bonchev–Trinajstić information content (AvgIpc) is 3.06. The number of hydrogen-bond acceptors (Lipinski definition) is 3. The van der Waals surface area contributed by atoms with E-state index in [1.807, 2.05) is 28.8 Å². The first kappa shape index (κ1) is 12.9. The molecule has 0 spiro atoms. The molecule has 3 rings (SSSR count). The molecule has 0 bridgehead atoms. The van der Waals surface area contributed by atoms with Crippen LogP contribution in [-0.2, 0) is 6.42 Å². The van der Waals surface area contributed by atoms with E-state index in [9.17, 15) is 4.79 Å². The quantitative estimate of drug-likeness (QED) is 0.764. The number of nitrogens with zero attached hydrogens (tertiary/aromatic N) is 3. The summed E-state index contributed by atoms with van der Waals surface area (Å²) < 4.78 is 2.77. The minimum absolute atomic E-state index is 0.135. The summed E-state index contributed by atoms with van der Waals surface area (Å²) in [4.78, 5) is 14.7. The topological polar surface area (TPSA) is 75.1 Å². The molecular formula is C13H12BrN5O. The van der Waals surface area contributed by atoms with Gasteiger partial charge in [0.05, 0.1) is 0 Å². The molecule has 6 nitrogen and oxygen atoms in total. The molecule has 20 heavy (non-hydrogen) atoms. The van der Waals surface area contributed by atoms with Gasteiger partial charge in [0.25, 0.3) is 5.91 Å². The predicted molar refractivity (Wildman–Crippen MR) is 77.5 cm³/mol. The largest absolute Gasteiger partial charge is 0.356 e. The Labute approximate surface area is 123 Å². The van der Waals surface area contributed by atoms with Gasteiger partial charge in [-0.05, 0) is 34.1 Å². The molecule has 0 radical (unpaired) electrons. The van der Waals surface area contributed by atoms with Gasteiger partial charge < -0.3 is 10.3 Å². The summed E-state index contributed by atoms with van der Waals surface area (Å²) in [6.07, 6.45) is 4.26. The van der Waals surface area contributed by atoms with E-state index in [1.54, 1.807) is 12.3 Å². The highest BCUT2D eigenvalue weighted by atomic mass is 79.9. The Bertz CT molecular complexity index is 748. The SMILES string of the molecule is O=C(NCCc1nnc2ccccn12)c1cc(Br)c[nH]1. The molecule has 0 fully saturated rings. The van der Waals surface area contributed by atoms with Gasteiger partial charge in [-0.15, -0.1) is 10.2 Å². The molecule has 0 aliphatic rings. The van der Waals surface area contributed by atoms with Crippen molar-refractivity contribution >= 4 is 27.5 Å². The van der Waals surface area contributed by atoms with E-state index in [0.29, 0.717) is 18.7 Å². The molecule has 3 aromatic heterocycles. The van der Waals surface area contributed by atoms with Crippen LogP contribution in [0, 0.1) is 0 Å². The highest BCUT2D eigenvalue weighted by Crippen LogP contribution is 2.10. The normalized spacial score (nSPS) is 10.8. The van der Waals surface area contributed by atoms with Gasteiger partial charge in [0.15, 0.2) is 5.65 Å². The fourth-order valence-corrected chi connectivity index (χ4v) is 2.29. The van der Waals surface area contributed by atoms with Gasteiger partial charge in [-0.1, -0.05) is 6.07 Å². The third-order valence-electron chi connectivity index (χ3n) is 2.91. The second-order valence-electron chi connectivity index (χ2n) is 4.28. The number of hydrogen-bond donors (Lipinski definition) is 2. The molecule has 7 heteroatoms. The monoisotopic (exact) mass is 333 g/mol. The molecule has 0 aromatic carbocycles. The maximum atomic E-state index is 11.8. The van der Waals surface area contributed by atoms with Crippen molar-refractivity contribution in [1.82, 2.24) is 24.9 Å². The maximum Gasteiger partial charge on any atom is 0.267 e. The van der Waals surface area contributed by atoms with E-state index in [4.69, 9.17) is 0 Å². The van der Waals surface area contributed by atoms with Crippen LogP contribution in [0.15, 0.2) is 41.1 Å². The Morgan fingerprint density at radius 1 is 1.40 bits per heavy atom. The van der Waals surface area contributed by atoms with Crippen LogP contribution in [0.3, 0.4) is 0 Å². The number of carbonyl (C=O) groups excluding carboxylic acids is 1. The Hall–Kier alpha value is -2.15. The molecule has 0 atom stereocenters. The summed E-state index contributed by atoms with van der Waals surface area (Å²) in [7, 11) is 0. The van der Waals surface area contributed by atoms with Crippen molar-refractivity contribution in [1.29, 1.82) is 0 Å². The Morgan fingerprint density at radius 2 is 2.30 bits per heavy atom. The molecule has 0 saturated carbocycles. The van der Waals surface area contributed by atoms with Gasteiger partial charge in [0.1, 0.15) is 11.5 Å². The van der Waals surface area contributed by atoms with Crippen LogP contribution in [0.1, 0.15) is 16.3 Å². The highest BCUT2D eigenvalue weighted by molar-refractivity contribution is 9.10. The number of aromatic amines is 1. The Morgan fingerprint density at radius 3 is 3.10 bits per heavy atom. The summed E-state index contributed by atoms with van der Waals surface area (Å²) >= 11 is 3.29.